The summed E-state index contributed by atoms with van der Waals surface area (Å²) < 4.78 is 47.7. The molecule has 10 heteroatoms. The van der Waals surface area contributed by atoms with Gasteiger partial charge in [0.25, 0.3) is 10.0 Å². The van der Waals surface area contributed by atoms with E-state index >= 15 is 0 Å². The van der Waals surface area contributed by atoms with E-state index in [-0.39, 0.29) is 23.0 Å². The number of carbonyl (C=O) groups is 2. The van der Waals surface area contributed by atoms with Crippen LogP contribution in [-0.2, 0) is 26.2 Å². The molecule has 0 fully saturated rings. The molecular weight excluding hydrogens is 521 g/mol. The van der Waals surface area contributed by atoms with Crippen LogP contribution in [0.15, 0.2) is 77.7 Å². The predicted octanol–water partition coefficient (Wildman–Crippen LogP) is 4.28. The summed E-state index contributed by atoms with van der Waals surface area (Å²) in [4.78, 5) is 27.9. The average molecular weight is 556 g/mol. The van der Waals surface area contributed by atoms with Crippen molar-refractivity contribution in [1.82, 2.24) is 10.2 Å². The Morgan fingerprint density at radius 2 is 1.67 bits per heavy atom. The van der Waals surface area contributed by atoms with Crippen LogP contribution < -0.4 is 14.4 Å². The van der Waals surface area contributed by atoms with Gasteiger partial charge in [0.1, 0.15) is 24.2 Å². The molecule has 208 valence electrons. The Morgan fingerprint density at radius 1 is 1.00 bits per heavy atom. The molecule has 1 atom stereocenters. The quantitative estimate of drug-likeness (QED) is 0.360. The number of amides is 2. The van der Waals surface area contributed by atoms with Gasteiger partial charge in [0.15, 0.2) is 0 Å². The first-order valence-electron chi connectivity index (χ1n) is 12.7. The number of hydrogen-bond acceptors (Lipinski definition) is 5. The second kappa shape index (κ2) is 13.2. The summed E-state index contributed by atoms with van der Waals surface area (Å²) in [5.41, 5.74) is 1.90. The van der Waals surface area contributed by atoms with Crippen molar-refractivity contribution in [1.29, 1.82) is 0 Å². The number of nitrogens with one attached hydrogen (secondary N) is 1. The summed E-state index contributed by atoms with van der Waals surface area (Å²) in [6.45, 7) is 5.45. The molecule has 1 unspecified atom stereocenters. The van der Waals surface area contributed by atoms with Crippen LogP contribution in [0.25, 0.3) is 0 Å². The summed E-state index contributed by atoms with van der Waals surface area (Å²) in [7, 11) is -2.77. The Morgan fingerprint density at radius 3 is 2.23 bits per heavy atom. The Bertz CT molecular complexity index is 1380. The van der Waals surface area contributed by atoms with Crippen molar-refractivity contribution >= 4 is 27.5 Å². The number of rotatable bonds is 12. The molecule has 0 aliphatic carbocycles. The maximum absolute atomic E-state index is 13.9. The van der Waals surface area contributed by atoms with Crippen molar-refractivity contribution in [3.8, 4) is 5.75 Å². The Kier molecular flexibility index (Phi) is 10.1. The number of ether oxygens (including phenoxy) is 1. The third-order valence-corrected chi connectivity index (χ3v) is 7.97. The summed E-state index contributed by atoms with van der Waals surface area (Å²) in [6, 6.07) is 17.4. The maximum atomic E-state index is 13.9. The lowest BCUT2D eigenvalue weighted by molar-refractivity contribution is -0.140. The third kappa shape index (κ3) is 7.35. The van der Waals surface area contributed by atoms with Crippen molar-refractivity contribution in [2.24, 2.45) is 0 Å². The lowest BCUT2D eigenvalue weighted by atomic mass is 10.1. The molecule has 0 aliphatic heterocycles. The number of halogens is 1. The number of sulfonamides is 1. The normalized spacial score (nSPS) is 11.9. The molecular formula is C29H34FN3O5S. The molecule has 0 radical (unpaired) electrons. The number of carbonyl (C=O) groups excluding carboxylic acids is 2. The van der Waals surface area contributed by atoms with Gasteiger partial charge in [-0.1, -0.05) is 36.8 Å². The SMILES string of the molecule is CCOc1ccc(S(=O)(=O)N(CC(=O)N(Cc2cccc(C)c2)C(CC)C(=O)NC)c2ccc(F)cc2)cc1. The Labute approximate surface area is 229 Å². The van der Waals surface area contributed by atoms with E-state index in [0.717, 1.165) is 27.6 Å². The van der Waals surface area contributed by atoms with Crippen LogP contribution in [0.3, 0.4) is 0 Å². The third-order valence-electron chi connectivity index (χ3n) is 6.18. The highest BCUT2D eigenvalue weighted by Crippen LogP contribution is 2.26. The monoisotopic (exact) mass is 555 g/mol. The number of hydrogen-bond donors (Lipinski definition) is 1. The van der Waals surface area contributed by atoms with E-state index in [4.69, 9.17) is 4.74 Å². The van der Waals surface area contributed by atoms with E-state index in [0.29, 0.717) is 18.8 Å². The van der Waals surface area contributed by atoms with E-state index in [9.17, 15) is 22.4 Å². The zero-order valence-corrected chi connectivity index (χ0v) is 23.4. The molecule has 0 saturated heterocycles. The second-order valence-corrected chi connectivity index (χ2v) is 10.8. The van der Waals surface area contributed by atoms with E-state index in [1.54, 1.807) is 6.92 Å². The van der Waals surface area contributed by atoms with E-state index < -0.39 is 34.3 Å². The van der Waals surface area contributed by atoms with Crippen molar-refractivity contribution in [3.05, 3.63) is 89.7 Å². The lowest BCUT2D eigenvalue weighted by Crippen LogP contribution is -2.51. The molecule has 1 N–H and O–H groups in total. The van der Waals surface area contributed by atoms with E-state index in [2.05, 4.69) is 5.32 Å². The van der Waals surface area contributed by atoms with Crippen molar-refractivity contribution in [2.45, 2.75) is 44.7 Å². The molecule has 3 aromatic rings. The van der Waals surface area contributed by atoms with Gasteiger partial charge in [0.2, 0.25) is 11.8 Å². The molecule has 3 aromatic carbocycles. The number of nitrogens with zero attached hydrogens (tertiary/aromatic N) is 2. The number of anilines is 1. The maximum Gasteiger partial charge on any atom is 0.264 e. The summed E-state index contributed by atoms with van der Waals surface area (Å²) >= 11 is 0. The first-order valence-corrected chi connectivity index (χ1v) is 14.1. The first kappa shape index (κ1) is 29.6. The topological polar surface area (TPSA) is 96.0 Å². The molecule has 0 bridgehead atoms. The van der Waals surface area contributed by atoms with E-state index in [1.807, 2.05) is 38.1 Å². The minimum absolute atomic E-state index is 0.0633. The van der Waals surface area contributed by atoms with Crippen LogP contribution in [0.1, 0.15) is 31.4 Å². The van der Waals surface area contributed by atoms with Gasteiger partial charge in [-0.15, -0.1) is 0 Å². The zero-order chi connectivity index (χ0) is 28.6. The number of aryl methyl sites for hydroxylation is 1. The summed E-state index contributed by atoms with van der Waals surface area (Å²) in [6.07, 6.45) is 0.319. The Hall–Kier alpha value is -3.92. The van der Waals surface area contributed by atoms with Gasteiger partial charge < -0.3 is 15.0 Å². The van der Waals surface area contributed by atoms with Crippen LogP contribution in [0.4, 0.5) is 10.1 Å². The molecule has 0 saturated carbocycles. The van der Waals surface area contributed by atoms with Crippen LogP contribution >= 0.6 is 0 Å². The molecule has 2 amide bonds. The van der Waals surface area contributed by atoms with Crippen molar-refractivity contribution < 1.29 is 27.1 Å². The fourth-order valence-corrected chi connectivity index (χ4v) is 5.65. The Balaban J connectivity index is 2.04. The zero-order valence-electron chi connectivity index (χ0n) is 22.6. The molecule has 0 aliphatic rings. The summed E-state index contributed by atoms with van der Waals surface area (Å²) in [5.74, 6) is -0.983. The van der Waals surface area contributed by atoms with Gasteiger partial charge >= 0.3 is 0 Å². The number of benzene rings is 3. The van der Waals surface area contributed by atoms with Crippen LogP contribution in [-0.4, -0.2) is 51.4 Å². The predicted molar refractivity (Wildman–Crippen MR) is 148 cm³/mol. The molecule has 39 heavy (non-hydrogen) atoms. The molecule has 0 aromatic heterocycles. The largest absolute Gasteiger partial charge is 0.494 e. The average Bonchev–Trinajstić information content (AvgIpc) is 2.92. The minimum atomic E-state index is -4.26. The van der Waals surface area contributed by atoms with Crippen LogP contribution in [0.5, 0.6) is 5.75 Å². The lowest BCUT2D eigenvalue weighted by Gasteiger charge is -2.33. The second-order valence-electron chi connectivity index (χ2n) is 8.94. The van der Waals surface area contributed by atoms with Crippen LogP contribution in [0.2, 0.25) is 0 Å². The smallest absolute Gasteiger partial charge is 0.264 e. The fourth-order valence-electron chi connectivity index (χ4n) is 4.23. The van der Waals surface area contributed by atoms with Gasteiger partial charge in [-0.25, -0.2) is 12.8 Å². The molecule has 0 spiro atoms. The van der Waals surface area contributed by atoms with Gasteiger partial charge in [-0.2, -0.15) is 0 Å². The van der Waals surface area contributed by atoms with Crippen LogP contribution in [0, 0.1) is 12.7 Å². The summed E-state index contributed by atoms with van der Waals surface area (Å²) in [5, 5.41) is 2.59. The fraction of sp³-hybridized carbons (Fsp3) is 0.310. The minimum Gasteiger partial charge on any atom is -0.494 e. The molecule has 0 heterocycles. The van der Waals surface area contributed by atoms with Gasteiger partial charge in [0, 0.05) is 13.6 Å². The highest BCUT2D eigenvalue weighted by Gasteiger charge is 2.33. The standard InChI is InChI=1S/C29H34FN3O5S/c1-5-27(29(35)31-4)32(19-22-9-7-8-21(3)18-22)28(34)20-33(24-12-10-23(30)11-13-24)39(36,37)26-16-14-25(15-17-26)38-6-2/h7-18,27H,5-6,19-20H2,1-4H3,(H,31,35). The van der Waals surface area contributed by atoms with Gasteiger partial charge in [-0.3, -0.25) is 13.9 Å². The first-order chi connectivity index (χ1) is 18.6. The van der Waals surface area contributed by atoms with Crippen molar-refractivity contribution in [3.63, 3.8) is 0 Å². The molecule has 8 nitrogen and oxygen atoms in total. The van der Waals surface area contributed by atoms with Gasteiger partial charge in [-0.05, 0) is 74.4 Å². The highest BCUT2D eigenvalue weighted by atomic mass is 32.2. The van der Waals surface area contributed by atoms with Gasteiger partial charge in [0.05, 0.1) is 17.2 Å². The van der Waals surface area contributed by atoms with Crippen molar-refractivity contribution in [2.75, 3.05) is 24.5 Å². The highest BCUT2D eigenvalue weighted by molar-refractivity contribution is 7.92. The molecule has 3 rings (SSSR count). The van der Waals surface area contributed by atoms with E-state index in [1.165, 1.54) is 48.3 Å². The number of likely N-dealkylation sites (N-methyl/N-ethyl adjacent to an activating group) is 1.